The van der Waals surface area contributed by atoms with Crippen LogP contribution in [-0.2, 0) is 4.79 Å². The molecule has 1 aliphatic rings. The smallest absolute Gasteiger partial charge is 0.406 e. The van der Waals surface area contributed by atoms with Crippen LogP contribution < -0.4 is 4.74 Å². The number of nitrogens with zero attached hydrogens (tertiary/aromatic N) is 2. The molecule has 0 N–H and O–H groups in total. The minimum Gasteiger partial charge on any atom is -0.406 e. The molecule has 0 spiro atoms. The summed E-state index contributed by atoms with van der Waals surface area (Å²) in [5, 5.41) is 0.323. The van der Waals surface area contributed by atoms with Crippen molar-refractivity contribution in [3.63, 3.8) is 0 Å². The van der Waals surface area contributed by atoms with Gasteiger partial charge in [-0.15, -0.1) is 13.2 Å². The molecule has 0 bridgehead atoms. The normalized spacial score (nSPS) is 14.7. The lowest BCUT2D eigenvalue weighted by Gasteiger charge is -2.32. The van der Waals surface area contributed by atoms with Crippen molar-refractivity contribution >= 4 is 51.7 Å². The van der Waals surface area contributed by atoms with Crippen molar-refractivity contribution in [1.82, 2.24) is 9.47 Å². The summed E-state index contributed by atoms with van der Waals surface area (Å²) in [4.78, 5) is 40.1. The molecule has 1 aliphatic heterocycles. The zero-order valence-corrected chi connectivity index (χ0v) is 22.4. The maximum absolute atomic E-state index is 13.7. The zero-order valence-electron chi connectivity index (χ0n) is 20.9. The van der Waals surface area contributed by atoms with Crippen LogP contribution in [0.25, 0.3) is 10.9 Å². The van der Waals surface area contributed by atoms with Crippen LogP contribution >= 0.6 is 23.2 Å². The number of halogens is 5. The summed E-state index contributed by atoms with van der Waals surface area (Å²) in [6.45, 7) is 5.69. The Kier molecular flexibility index (Phi) is 7.81. The number of ether oxygens (including phenoxy) is 1. The second kappa shape index (κ2) is 10.6. The lowest BCUT2D eigenvalue weighted by molar-refractivity contribution is -0.274. The summed E-state index contributed by atoms with van der Waals surface area (Å²) in [7, 11) is 0. The van der Waals surface area contributed by atoms with Crippen molar-refractivity contribution < 1.29 is 32.3 Å². The summed E-state index contributed by atoms with van der Waals surface area (Å²) in [5.74, 6) is -1.02. The van der Waals surface area contributed by atoms with Gasteiger partial charge in [0, 0.05) is 31.1 Å². The molecule has 6 nitrogen and oxygen atoms in total. The first-order chi connectivity index (χ1) is 17.8. The molecular weight excluding hydrogens is 544 g/mol. The number of fused-ring (bicyclic) bond motifs is 1. The quantitative estimate of drug-likeness (QED) is 0.333. The first kappa shape index (κ1) is 28.0. The van der Waals surface area contributed by atoms with Crippen molar-refractivity contribution in [2.75, 3.05) is 13.1 Å². The van der Waals surface area contributed by atoms with Gasteiger partial charge >= 0.3 is 6.36 Å². The lowest BCUT2D eigenvalue weighted by atomic mass is 9.91. The van der Waals surface area contributed by atoms with E-state index < -0.39 is 18.0 Å². The fourth-order valence-corrected chi connectivity index (χ4v) is 5.61. The van der Waals surface area contributed by atoms with Gasteiger partial charge in [0.15, 0.2) is 0 Å². The molecule has 2 heterocycles. The molecule has 1 amide bonds. The predicted octanol–water partition coefficient (Wildman–Crippen LogP) is 6.98. The Morgan fingerprint density at radius 2 is 1.68 bits per heavy atom. The van der Waals surface area contributed by atoms with E-state index in [2.05, 4.69) is 4.74 Å². The van der Waals surface area contributed by atoms with E-state index in [0.717, 1.165) is 0 Å². The molecule has 0 radical (unpaired) electrons. The number of hydrogen-bond acceptors (Lipinski definition) is 4. The summed E-state index contributed by atoms with van der Waals surface area (Å²) >= 11 is 13.0. The average Bonchev–Trinajstić information content (AvgIpc) is 3.14. The van der Waals surface area contributed by atoms with Gasteiger partial charge in [-0.1, -0.05) is 23.2 Å². The number of benzene rings is 2. The second-order valence-electron chi connectivity index (χ2n) is 9.60. The van der Waals surface area contributed by atoms with Crippen molar-refractivity contribution in [3.05, 3.63) is 62.8 Å². The van der Waals surface area contributed by atoms with E-state index in [9.17, 15) is 27.6 Å². The van der Waals surface area contributed by atoms with Gasteiger partial charge in [0.2, 0.25) is 0 Å². The largest absolute Gasteiger partial charge is 0.573 e. The van der Waals surface area contributed by atoms with Gasteiger partial charge in [0.05, 0.1) is 26.7 Å². The highest BCUT2D eigenvalue weighted by Crippen LogP contribution is 2.35. The molecule has 0 atom stereocenters. The van der Waals surface area contributed by atoms with Crippen LogP contribution in [0.4, 0.5) is 13.2 Å². The third kappa shape index (κ3) is 5.68. The summed E-state index contributed by atoms with van der Waals surface area (Å²) < 4.78 is 43.6. The lowest BCUT2D eigenvalue weighted by Crippen LogP contribution is -2.39. The Hall–Kier alpha value is -3.04. The Morgan fingerprint density at radius 3 is 2.29 bits per heavy atom. The molecule has 202 valence electrons. The molecule has 0 unspecified atom stereocenters. The zero-order chi connectivity index (χ0) is 27.9. The number of aryl methyl sites for hydroxylation is 2. The molecule has 38 heavy (non-hydrogen) atoms. The van der Waals surface area contributed by atoms with Crippen LogP contribution in [0.1, 0.15) is 58.0 Å². The molecule has 2 aromatic carbocycles. The SMILES string of the molecule is CC(=O)CC1CCN(C(=O)c2ccc(Cl)c(C(=O)n3cc(C)c4cc(OC(F)(F)F)cc(C)c43)c2Cl)CC1. The van der Waals surface area contributed by atoms with Crippen molar-refractivity contribution in [2.45, 2.75) is 46.4 Å². The molecule has 0 saturated carbocycles. The summed E-state index contributed by atoms with van der Waals surface area (Å²) in [6, 6.07) is 5.30. The van der Waals surface area contributed by atoms with Crippen LogP contribution in [0, 0.1) is 19.8 Å². The molecule has 1 aromatic heterocycles. The number of Topliss-reactive ketones (excluding diaryl/α,β-unsaturated/α-hetero) is 1. The molecule has 0 aliphatic carbocycles. The highest BCUT2D eigenvalue weighted by molar-refractivity contribution is 6.41. The maximum atomic E-state index is 13.7. The van der Waals surface area contributed by atoms with Crippen LogP contribution in [0.3, 0.4) is 0 Å². The number of carbonyl (C=O) groups is 3. The maximum Gasteiger partial charge on any atom is 0.573 e. The highest BCUT2D eigenvalue weighted by atomic mass is 35.5. The van der Waals surface area contributed by atoms with Gasteiger partial charge in [-0.3, -0.25) is 14.2 Å². The Bertz CT molecular complexity index is 1440. The fourth-order valence-electron chi connectivity index (χ4n) is 5.00. The first-order valence-corrected chi connectivity index (χ1v) is 12.7. The fraction of sp³-hybridized carbons (Fsp3) is 0.370. The number of aromatic nitrogens is 1. The van der Waals surface area contributed by atoms with Crippen molar-refractivity contribution in [2.24, 2.45) is 5.92 Å². The van der Waals surface area contributed by atoms with Crippen molar-refractivity contribution in [3.8, 4) is 5.75 Å². The molecule has 1 fully saturated rings. The number of amides is 1. The second-order valence-corrected chi connectivity index (χ2v) is 10.4. The number of likely N-dealkylation sites (tertiary alicyclic amines) is 1. The number of rotatable bonds is 5. The topological polar surface area (TPSA) is 68.6 Å². The summed E-state index contributed by atoms with van der Waals surface area (Å²) in [6.07, 6.45) is -1.51. The van der Waals surface area contributed by atoms with Crippen LogP contribution in [-0.4, -0.2) is 46.5 Å². The minimum absolute atomic E-state index is 0.0332. The van der Waals surface area contributed by atoms with Crippen LogP contribution in [0.15, 0.2) is 30.5 Å². The molecule has 11 heteroatoms. The van der Waals surface area contributed by atoms with Gasteiger partial charge in [0.25, 0.3) is 11.8 Å². The van der Waals surface area contributed by atoms with E-state index in [-0.39, 0.29) is 38.8 Å². The summed E-state index contributed by atoms with van der Waals surface area (Å²) in [5.41, 5.74) is 1.32. The predicted molar refractivity (Wildman–Crippen MR) is 138 cm³/mol. The molecule has 1 saturated heterocycles. The van der Waals surface area contributed by atoms with Gasteiger partial charge in [-0.2, -0.15) is 0 Å². The van der Waals surface area contributed by atoms with E-state index in [0.29, 0.717) is 54.4 Å². The first-order valence-electron chi connectivity index (χ1n) is 12.0. The third-order valence-corrected chi connectivity index (χ3v) is 7.44. The standard InChI is InChI=1S/C27H25Cl2F3N2O4/c1-14-10-18(38-27(30,31)32)12-20-15(2)13-34(24(14)20)26(37)22-21(28)5-4-19(23(22)29)25(36)33-8-6-17(7-9-33)11-16(3)35/h4-5,10,12-13,17H,6-9,11H2,1-3H3. The molecule has 4 rings (SSSR count). The van der Waals surface area contributed by atoms with E-state index in [1.54, 1.807) is 25.7 Å². The Morgan fingerprint density at radius 1 is 1.03 bits per heavy atom. The molecular formula is C27H25Cl2F3N2O4. The van der Waals surface area contributed by atoms with Gasteiger partial charge < -0.3 is 14.4 Å². The highest BCUT2D eigenvalue weighted by Gasteiger charge is 2.32. The van der Waals surface area contributed by atoms with Crippen LogP contribution in [0.2, 0.25) is 10.0 Å². The van der Waals surface area contributed by atoms with Gasteiger partial charge in [-0.25, -0.2) is 0 Å². The number of carbonyl (C=O) groups excluding carboxylic acids is 3. The number of ketones is 1. The van der Waals surface area contributed by atoms with Gasteiger partial charge in [0.1, 0.15) is 11.5 Å². The minimum atomic E-state index is -4.86. The average molecular weight is 569 g/mol. The third-order valence-electron chi connectivity index (χ3n) is 6.73. The number of hydrogen-bond donors (Lipinski definition) is 0. The number of piperidine rings is 1. The van der Waals surface area contributed by atoms with Gasteiger partial charge in [-0.05, 0) is 74.9 Å². The van der Waals surface area contributed by atoms with E-state index in [1.165, 1.54) is 35.0 Å². The Balaban J connectivity index is 1.68. The van der Waals surface area contributed by atoms with E-state index in [4.69, 9.17) is 23.2 Å². The van der Waals surface area contributed by atoms with E-state index in [1.807, 2.05) is 0 Å². The van der Waals surface area contributed by atoms with Crippen LogP contribution in [0.5, 0.6) is 5.75 Å². The molecule has 3 aromatic rings. The van der Waals surface area contributed by atoms with E-state index >= 15 is 0 Å². The Labute approximate surface area is 227 Å². The number of alkyl halides is 3. The monoisotopic (exact) mass is 568 g/mol. The van der Waals surface area contributed by atoms with Crippen molar-refractivity contribution in [1.29, 1.82) is 0 Å².